The van der Waals surface area contributed by atoms with Crippen molar-refractivity contribution in [1.29, 1.82) is 0 Å². The molecule has 0 amide bonds. The SMILES string of the molecule is O=S=Cc1cccc(F)c1Br. The Morgan fingerprint density at radius 1 is 1.55 bits per heavy atom. The van der Waals surface area contributed by atoms with Crippen LogP contribution in [-0.2, 0) is 11.3 Å². The zero-order chi connectivity index (χ0) is 8.27. The molecule has 4 heteroatoms. The van der Waals surface area contributed by atoms with Crippen molar-refractivity contribution in [3.63, 3.8) is 0 Å². The third-order valence-electron chi connectivity index (χ3n) is 1.16. The highest BCUT2D eigenvalue weighted by atomic mass is 79.9. The summed E-state index contributed by atoms with van der Waals surface area (Å²) in [5, 5.41) is 1.34. The predicted octanol–water partition coefficient (Wildman–Crippen LogP) is 1.95. The molecule has 1 aromatic rings. The fraction of sp³-hybridized carbons (Fsp3) is 0. The van der Waals surface area contributed by atoms with Gasteiger partial charge in [0.15, 0.2) is 0 Å². The van der Waals surface area contributed by atoms with E-state index in [4.69, 9.17) is 0 Å². The highest BCUT2D eigenvalue weighted by Crippen LogP contribution is 2.18. The van der Waals surface area contributed by atoms with Crippen molar-refractivity contribution in [2.24, 2.45) is 0 Å². The standard InChI is InChI=1S/C7H4BrFOS/c8-7-5(4-11-10)2-1-3-6(7)9/h1-4H. The molecule has 0 saturated carbocycles. The maximum Gasteiger partial charge on any atom is 0.138 e. The molecule has 0 saturated heterocycles. The van der Waals surface area contributed by atoms with E-state index < -0.39 is 0 Å². The summed E-state index contributed by atoms with van der Waals surface area (Å²) in [4.78, 5) is 0. The minimum atomic E-state index is -0.354. The Labute approximate surface area is 75.4 Å². The highest BCUT2D eigenvalue weighted by molar-refractivity contribution is 9.10. The van der Waals surface area contributed by atoms with Gasteiger partial charge < -0.3 is 0 Å². The van der Waals surface area contributed by atoms with E-state index in [0.29, 0.717) is 21.3 Å². The molecule has 0 aliphatic carbocycles. The zero-order valence-corrected chi connectivity index (χ0v) is 7.78. The van der Waals surface area contributed by atoms with E-state index in [9.17, 15) is 8.60 Å². The van der Waals surface area contributed by atoms with Crippen molar-refractivity contribution < 1.29 is 8.60 Å². The lowest BCUT2D eigenvalue weighted by Gasteiger charge is -1.95. The molecule has 58 valence electrons. The summed E-state index contributed by atoms with van der Waals surface area (Å²) >= 11 is 3.33. The Morgan fingerprint density at radius 2 is 2.27 bits per heavy atom. The molecule has 1 rings (SSSR count). The van der Waals surface area contributed by atoms with Crippen molar-refractivity contribution in [3.05, 3.63) is 34.1 Å². The Bertz CT molecular complexity index is 320. The number of hydrogen-bond donors (Lipinski definition) is 0. The van der Waals surface area contributed by atoms with Gasteiger partial charge in [0.05, 0.1) is 15.7 Å². The summed E-state index contributed by atoms with van der Waals surface area (Å²) in [6, 6.07) is 4.55. The molecule has 11 heavy (non-hydrogen) atoms. The molecule has 0 radical (unpaired) electrons. The summed E-state index contributed by atoms with van der Waals surface area (Å²) in [7, 11) is 0. The molecular formula is C7H4BrFOS. The smallest absolute Gasteiger partial charge is 0.138 e. The number of hydrogen-bond acceptors (Lipinski definition) is 1. The van der Waals surface area contributed by atoms with Crippen molar-refractivity contribution in [1.82, 2.24) is 0 Å². The molecule has 0 aliphatic heterocycles. The fourth-order valence-corrected chi connectivity index (χ4v) is 1.49. The van der Waals surface area contributed by atoms with Gasteiger partial charge in [0.2, 0.25) is 0 Å². The van der Waals surface area contributed by atoms with Crippen LogP contribution in [0, 0.1) is 5.82 Å². The van der Waals surface area contributed by atoms with E-state index in [1.807, 2.05) is 0 Å². The maximum absolute atomic E-state index is 12.7. The Hall–Kier alpha value is -0.480. The van der Waals surface area contributed by atoms with Gasteiger partial charge in [-0.2, -0.15) is 0 Å². The van der Waals surface area contributed by atoms with Crippen molar-refractivity contribution in [3.8, 4) is 0 Å². The number of halogens is 2. The van der Waals surface area contributed by atoms with E-state index in [1.54, 1.807) is 12.1 Å². The molecule has 0 heterocycles. The second kappa shape index (κ2) is 3.78. The van der Waals surface area contributed by atoms with Gasteiger partial charge in [-0.25, -0.2) is 8.60 Å². The normalized spacial score (nSPS) is 9.27. The van der Waals surface area contributed by atoms with Crippen molar-refractivity contribution in [2.75, 3.05) is 0 Å². The molecule has 0 bridgehead atoms. The van der Waals surface area contributed by atoms with Crippen LogP contribution in [0.3, 0.4) is 0 Å². The molecule has 0 atom stereocenters. The first-order valence-corrected chi connectivity index (χ1v) is 4.41. The van der Waals surface area contributed by atoms with E-state index in [1.165, 1.54) is 11.4 Å². The lowest BCUT2D eigenvalue weighted by Crippen LogP contribution is -1.85. The third-order valence-corrected chi connectivity index (χ3v) is 2.34. The number of rotatable bonds is 1. The van der Waals surface area contributed by atoms with Crippen LogP contribution in [0.2, 0.25) is 0 Å². The lowest BCUT2D eigenvalue weighted by atomic mass is 10.2. The van der Waals surface area contributed by atoms with Crippen LogP contribution in [0.25, 0.3) is 0 Å². The van der Waals surface area contributed by atoms with Gasteiger partial charge >= 0.3 is 0 Å². The zero-order valence-electron chi connectivity index (χ0n) is 5.38. The summed E-state index contributed by atoms with van der Waals surface area (Å²) in [5.41, 5.74) is 0.574. The average Bonchev–Trinajstić information content (AvgIpc) is 1.99. The molecule has 1 nitrogen and oxygen atoms in total. The quantitative estimate of drug-likeness (QED) is 0.680. The molecule has 0 fully saturated rings. The minimum absolute atomic E-state index is 0.306. The Balaban J connectivity index is 3.26. The molecular weight excluding hydrogens is 231 g/mol. The van der Waals surface area contributed by atoms with Gasteiger partial charge in [-0.1, -0.05) is 12.1 Å². The van der Waals surface area contributed by atoms with E-state index in [-0.39, 0.29) is 5.82 Å². The largest absolute Gasteiger partial charge is 0.212 e. The van der Waals surface area contributed by atoms with Gasteiger partial charge in [0.1, 0.15) is 5.82 Å². The van der Waals surface area contributed by atoms with Crippen LogP contribution in [-0.4, -0.2) is 9.58 Å². The second-order valence-corrected chi connectivity index (χ2v) is 3.08. The van der Waals surface area contributed by atoms with Crippen LogP contribution in [0.4, 0.5) is 4.39 Å². The van der Waals surface area contributed by atoms with Crippen LogP contribution in [0.1, 0.15) is 5.56 Å². The van der Waals surface area contributed by atoms with Crippen LogP contribution in [0.15, 0.2) is 22.7 Å². The summed E-state index contributed by atoms with van der Waals surface area (Å²) in [6.07, 6.45) is 0. The molecule has 0 aliphatic rings. The predicted molar refractivity (Wildman–Crippen MR) is 47.4 cm³/mol. The van der Waals surface area contributed by atoms with Crippen LogP contribution < -0.4 is 0 Å². The molecule has 0 aromatic heterocycles. The molecule has 1 aromatic carbocycles. The molecule has 0 unspecified atom stereocenters. The highest BCUT2D eigenvalue weighted by Gasteiger charge is 2.00. The van der Waals surface area contributed by atoms with Gasteiger partial charge in [-0.15, -0.1) is 0 Å². The first kappa shape index (κ1) is 8.62. The summed E-state index contributed by atoms with van der Waals surface area (Å²) < 4.78 is 23.1. The number of benzene rings is 1. The topological polar surface area (TPSA) is 17.1 Å². The third kappa shape index (κ3) is 1.97. The van der Waals surface area contributed by atoms with Gasteiger partial charge in [-0.05, 0) is 22.0 Å². The van der Waals surface area contributed by atoms with Crippen molar-refractivity contribution in [2.45, 2.75) is 0 Å². The van der Waals surface area contributed by atoms with Crippen LogP contribution in [0.5, 0.6) is 0 Å². The summed E-state index contributed by atoms with van der Waals surface area (Å²) in [6.45, 7) is 0. The summed E-state index contributed by atoms with van der Waals surface area (Å²) in [5.74, 6) is -0.354. The fourth-order valence-electron chi connectivity index (χ4n) is 0.663. The molecule has 0 spiro atoms. The first-order chi connectivity index (χ1) is 5.25. The lowest BCUT2D eigenvalue weighted by molar-refractivity contribution is 0.621. The minimum Gasteiger partial charge on any atom is -0.212 e. The molecule has 0 N–H and O–H groups in total. The van der Waals surface area contributed by atoms with Crippen molar-refractivity contribution >= 4 is 32.6 Å². The average molecular weight is 235 g/mol. The second-order valence-electron chi connectivity index (χ2n) is 1.86. The van der Waals surface area contributed by atoms with Crippen LogP contribution >= 0.6 is 15.9 Å². The maximum atomic E-state index is 12.7. The Kier molecular flexibility index (Phi) is 2.96. The monoisotopic (exact) mass is 234 g/mol. The van der Waals surface area contributed by atoms with E-state index in [0.717, 1.165) is 0 Å². The van der Waals surface area contributed by atoms with Gasteiger partial charge in [0.25, 0.3) is 0 Å². The van der Waals surface area contributed by atoms with E-state index in [2.05, 4.69) is 15.9 Å². The van der Waals surface area contributed by atoms with Gasteiger partial charge in [0, 0.05) is 10.9 Å². The first-order valence-electron chi connectivity index (χ1n) is 2.81. The Morgan fingerprint density at radius 3 is 2.91 bits per heavy atom. The van der Waals surface area contributed by atoms with Gasteiger partial charge in [-0.3, -0.25) is 0 Å². The van der Waals surface area contributed by atoms with E-state index >= 15 is 0 Å².